The number of amides is 2. The molecule has 5 heteroatoms. The van der Waals surface area contributed by atoms with Gasteiger partial charge in [0, 0.05) is 32.1 Å². The van der Waals surface area contributed by atoms with Crippen molar-refractivity contribution in [3.63, 3.8) is 0 Å². The van der Waals surface area contributed by atoms with Crippen molar-refractivity contribution in [1.29, 1.82) is 0 Å². The minimum Gasteiger partial charge on any atom is -0.354 e. The minimum absolute atomic E-state index is 0.0384. The van der Waals surface area contributed by atoms with Crippen LogP contribution < -0.4 is 10.2 Å². The molecule has 0 bridgehead atoms. The highest BCUT2D eigenvalue weighted by Crippen LogP contribution is 2.32. The summed E-state index contributed by atoms with van der Waals surface area (Å²) in [7, 11) is 0. The second-order valence-corrected chi connectivity index (χ2v) is 8.69. The lowest BCUT2D eigenvalue weighted by atomic mass is 9.96. The Balaban J connectivity index is 1.26. The fraction of sp³-hybridized carbons (Fsp3) is 0.440. The molecule has 0 aliphatic carbocycles. The summed E-state index contributed by atoms with van der Waals surface area (Å²) in [6.07, 6.45) is 2.78. The lowest BCUT2D eigenvalue weighted by molar-refractivity contribution is -0.125. The maximum atomic E-state index is 12.9. The van der Waals surface area contributed by atoms with E-state index in [1.54, 1.807) is 4.90 Å². The highest BCUT2D eigenvalue weighted by Gasteiger charge is 2.36. The molecule has 1 atom stereocenters. The Morgan fingerprint density at radius 1 is 1.03 bits per heavy atom. The number of piperidine rings is 1. The van der Waals surface area contributed by atoms with Gasteiger partial charge in [0.05, 0.1) is 0 Å². The third-order valence-corrected chi connectivity index (χ3v) is 6.42. The van der Waals surface area contributed by atoms with Gasteiger partial charge in [0.2, 0.25) is 11.8 Å². The van der Waals surface area contributed by atoms with Crippen LogP contribution in [-0.2, 0) is 22.6 Å². The first-order valence-electron chi connectivity index (χ1n) is 10.9. The van der Waals surface area contributed by atoms with Crippen LogP contribution in [0.2, 0.25) is 0 Å². The van der Waals surface area contributed by atoms with Crippen LogP contribution in [0.1, 0.15) is 36.5 Å². The molecule has 0 aromatic heterocycles. The molecule has 2 aliphatic rings. The average Bonchev–Trinajstić information content (AvgIpc) is 3.15. The van der Waals surface area contributed by atoms with E-state index >= 15 is 0 Å². The Bertz CT molecular complexity index is 901. The van der Waals surface area contributed by atoms with Crippen LogP contribution in [0, 0.1) is 12.8 Å². The fourth-order valence-electron chi connectivity index (χ4n) is 4.65. The Labute approximate surface area is 179 Å². The molecule has 2 aromatic rings. The van der Waals surface area contributed by atoms with E-state index in [1.165, 1.54) is 18.1 Å². The number of aryl methyl sites for hydroxylation is 1. The molecule has 30 heavy (non-hydrogen) atoms. The lowest BCUT2D eigenvalue weighted by Crippen LogP contribution is -2.49. The zero-order chi connectivity index (χ0) is 21.1. The van der Waals surface area contributed by atoms with E-state index < -0.39 is 6.04 Å². The number of carbonyl (C=O) groups excluding carboxylic acids is 2. The van der Waals surface area contributed by atoms with Gasteiger partial charge in [0.25, 0.3) is 0 Å². The Morgan fingerprint density at radius 3 is 2.43 bits per heavy atom. The molecule has 1 fully saturated rings. The second-order valence-electron chi connectivity index (χ2n) is 8.69. The van der Waals surface area contributed by atoms with E-state index in [-0.39, 0.29) is 11.8 Å². The monoisotopic (exact) mass is 405 g/mol. The molecule has 0 saturated carbocycles. The number of likely N-dealkylation sites (tertiary alicyclic amines) is 1. The van der Waals surface area contributed by atoms with Gasteiger partial charge < -0.3 is 5.32 Å². The topological polar surface area (TPSA) is 52.7 Å². The fourth-order valence-corrected chi connectivity index (χ4v) is 4.65. The quantitative estimate of drug-likeness (QED) is 0.830. The van der Waals surface area contributed by atoms with Crippen LogP contribution in [0.5, 0.6) is 0 Å². The van der Waals surface area contributed by atoms with Crippen molar-refractivity contribution in [3.8, 4) is 0 Å². The lowest BCUT2D eigenvalue weighted by Gasteiger charge is -2.32. The van der Waals surface area contributed by atoms with Crippen LogP contribution in [0.3, 0.4) is 0 Å². The first kappa shape index (κ1) is 20.6. The normalized spacial score (nSPS) is 19.5. The predicted octanol–water partition coefficient (Wildman–Crippen LogP) is 3.30. The summed E-state index contributed by atoms with van der Waals surface area (Å²) in [5.41, 5.74) is 4.59. The number of rotatable bonds is 5. The number of anilines is 1. The molecule has 0 radical (unpaired) electrons. The summed E-state index contributed by atoms with van der Waals surface area (Å²) < 4.78 is 0. The molecule has 1 saturated heterocycles. The van der Waals surface area contributed by atoms with Crippen molar-refractivity contribution in [2.75, 3.05) is 24.5 Å². The van der Waals surface area contributed by atoms with E-state index in [0.717, 1.165) is 43.7 Å². The number of hydrogen-bond donors (Lipinski definition) is 1. The maximum Gasteiger partial charge on any atom is 0.243 e. The summed E-state index contributed by atoms with van der Waals surface area (Å²) in [5, 5.41) is 3.13. The summed E-state index contributed by atoms with van der Waals surface area (Å²) in [6, 6.07) is 16.1. The summed E-state index contributed by atoms with van der Waals surface area (Å²) in [5.74, 6) is 0.380. The van der Waals surface area contributed by atoms with Gasteiger partial charge in [0.1, 0.15) is 6.04 Å². The van der Waals surface area contributed by atoms with E-state index in [9.17, 15) is 9.59 Å². The van der Waals surface area contributed by atoms with Gasteiger partial charge in [-0.25, -0.2) is 0 Å². The molecule has 2 aliphatic heterocycles. The molecular weight excluding hydrogens is 374 g/mol. The van der Waals surface area contributed by atoms with Crippen LogP contribution in [0.25, 0.3) is 0 Å². The second kappa shape index (κ2) is 9.00. The van der Waals surface area contributed by atoms with E-state index in [1.807, 2.05) is 24.3 Å². The SMILES string of the molecule is CC(=O)N1c2ccccc2C[C@@H]1C(=O)NCC1CCN(Cc2ccc(C)cc2)CC1. The van der Waals surface area contributed by atoms with Gasteiger partial charge >= 0.3 is 0 Å². The molecule has 4 rings (SSSR count). The van der Waals surface area contributed by atoms with Crippen molar-refractivity contribution in [3.05, 3.63) is 65.2 Å². The van der Waals surface area contributed by atoms with Crippen LogP contribution in [-0.4, -0.2) is 42.4 Å². The van der Waals surface area contributed by atoms with Crippen LogP contribution >= 0.6 is 0 Å². The van der Waals surface area contributed by atoms with Gasteiger partial charge in [-0.1, -0.05) is 48.0 Å². The number of para-hydroxylation sites is 1. The van der Waals surface area contributed by atoms with Crippen molar-refractivity contribution >= 4 is 17.5 Å². The highest BCUT2D eigenvalue weighted by atomic mass is 16.2. The van der Waals surface area contributed by atoms with Gasteiger partial charge in [-0.2, -0.15) is 0 Å². The van der Waals surface area contributed by atoms with Gasteiger partial charge in [0.15, 0.2) is 0 Å². The molecule has 0 spiro atoms. The molecule has 5 nitrogen and oxygen atoms in total. The van der Waals surface area contributed by atoms with E-state index in [2.05, 4.69) is 41.4 Å². The summed E-state index contributed by atoms with van der Waals surface area (Å²) >= 11 is 0. The number of fused-ring (bicyclic) bond motifs is 1. The molecule has 2 heterocycles. The van der Waals surface area contributed by atoms with Crippen molar-refractivity contribution in [2.24, 2.45) is 5.92 Å². The van der Waals surface area contributed by atoms with Crippen molar-refractivity contribution in [2.45, 2.75) is 45.7 Å². The smallest absolute Gasteiger partial charge is 0.243 e. The zero-order valence-corrected chi connectivity index (χ0v) is 17.9. The molecule has 158 valence electrons. The Morgan fingerprint density at radius 2 is 1.73 bits per heavy atom. The van der Waals surface area contributed by atoms with Crippen molar-refractivity contribution < 1.29 is 9.59 Å². The average molecular weight is 406 g/mol. The van der Waals surface area contributed by atoms with Crippen LogP contribution in [0.4, 0.5) is 5.69 Å². The number of hydrogen-bond acceptors (Lipinski definition) is 3. The maximum absolute atomic E-state index is 12.9. The molecular formula is C25H31N3O2. The van der Waals surface area contributed by atoms with Gasteiger partial charge in [-0.05, 0) is 56.0 Å². The minimum atomic E-state index is -0.429. The van der Waals surface area contributed by atoms with E-state index in [4.69, 9.17) is 0 Å². The summed E-state index contributed by atoms with van der Waals surface area (Å²) in [6.45, 7) is 7.45. The first-order chi connectivity index (χ1) is 14.5. The molecule has 1 N–H and O–H groups in total. The highest BCUT2D eigenvalue weighted by molar-refractivity contribution is 6.02. The third kappa shape index (κ3) is 4.57. The predicted molar refractivity (Wildman–Crippen MR) is 119 cm³/mol. The number of carbonyl (C=O) groups is 2. The van der Waals surface area contributed by atoms with Gasteiger partial charge in [-0.15, -0.1) is 0 Å². The number of nitrogens with one attached hydrogen (secondary N) is 1. The zero-order valence-electron chi connectivity index (χ0n) is 17.9. The summed E-state index contributed by atoms with van der Waals surface area (Å²) in [4.78, 5) is 29.2. The molecule has 0 unspecified atom stereocenters. The van der Waals surface area contributed by atoms with Crippen LogP contribution in [0.15, 0.2) is 48.5 Å². The largest absolute Gasteiger partial charge is 0.354 e. The Kier molecular flexibility index (Phi) is 6.18. The number of nitrogens with zero attached hydrogens (tertiary/aromatic N) is 2. The van der Waals surface area contributed by atoms with E-state index in [0.29, 0.717) is 18.9 Å². The molecule has 2 aromatic carbocycles. The third-order valence-electron chi connectivity index (χ3n) is 6.42. The van der Waals surface area contributed by atoms with Crippen molar-refractivity contribution in [1.82, 2.24) is 10.2 Å². The standard InChI is InChI=1S/C25H31N3O2/c1-18-7-9-21(10-8-18)17-27-13-11-20(12-14-27)16-26-25(30)24-15-22-5-3-4-6-23(22)28(24)19(2)29/h3-10,20,24H,11-17H2,1-2H3,(H,26,30)/t24-/m1/s1. The molecule has 2 amide bonds. The number of benzene rings is 2. The first-order valence-corrected chi connectivity index (χ1v) is 10.9. The van der Waals surface area contributed by atoms with Gasteiger partial charge in [-0.3, -0.25) is 19.4 Å². The Hall–Kier alpha value is -2.66.